The third kappa shape index (κ3) is 6.50. The number of guanidine groups is 1. The first kappa shape index (κ1) is 28.2. The zero-order chi connectivity index (χ0) is 29.5. The maximum Gasteiger partial charge on any atom is 0.418 e. The Morgan fingerprint density at radius 3 is 2.07 bits per heavy atom. The average Bonchev–Trinajstić information content (AvgIpc) is 3.27. The second-order valence-electron chi connectivity index (χ2n) is 9.79. The molecule has 4 aromatic rings. The number of amides is 2. The summed E-state index contributed by atoms with van der Waals surface area (Å²) < 4.78 is 11.2. The van der Waals surface area contributed by atoms with Gasteiger partial charge in [-0.2, -0.15) is 4.99 Å². The molecule has 1 saturated heterocycles. The van der Waals surface area contributed by atoms with Crippen molar-refractivity contribution in [3.63, 3.8) is 0 Å². The van der Waals surface area contributed by atoms with Crippen LogP contribution in [0.1, 0.15) is 27.0 Å². The van der Waals surface area contributed by atoms with Crippen LogP contribution in [0.2, 0.25) is 0 Å². The minimum Gasteiger partial charge on any atom is -0.497 e. The van der Waals surface area contributed by atoms with Gasteiger partial charge in [-0.05, 0) is 65.6 Å². The molecule has 42 heavy (non-hydrogen) atoms. The fraction of sp³-hybridized carbons (Fsp3) is 0.147. The number of benzene rings is 4. The lowest BCUT2D eigenvalue weighted by Gasteiger charge is -2.20. The number of ether oxygens (including phenoxy) is 2. The van der Waals surface area contributed by atoms with Gasteiger partial charge in [0.2, 0.25) is 5.96 Å². The van der Waals surface area contributed by atoms with Crippen LogP contribution in [0.25, 0.3) is 6.08 Å². The lowest BCUT2D eigenvalue weighted by molar-refractivity contribution is 0.100. The van der Waals surface area contributed by atoms with Crippen molar-refractivity contribution in [3.05, 3.63) is 137 Å². The predicted molar refractivity (Wildman–Crippen MR) is 162 cm³/mol. The van der Waals surface area contributed by atoms with Crippen LogP contribution in [0.15, 0.2) is 120 Å². The number of rotatable bonds is 8. The number of carbonyl (C=O) groups excluding carboxylic acids is 1. The van der Waals surface area contributed by atoms with E-state index >= 15 is 0 Å². The molecule has 0 spiro atoms. The fourth-order valence-corrected chi connectivity index (χ4v) is 4.78. The molecule has 1 aliphatic heterocycles. The van der Waals surface area contributed by atoms with Gasteiger partial charge in [-0.25, -0.2) is 9.69 Å². The molecular weight excluding hydrogens is 530 g/mol. The maximum absolute atomic E-state index is 13.0. The van der Waals surface area contributed by atoms with E-state index in [1.165, 1.54) is 0 Å². The average molecular weight is 562 g/mol. The lowest BCUT2D eigenvalue weighted by atomic mass is 10.0. The van der Waals surface area contributed by atoms with Crippen molar-refractivity contribution in [2.45, 2.75) is 19.1 Å². The van der Waals surface area contributed by atoms with Crippen molar-refractivity contribution >= 4 is 24.0 Å². The van der Waals surface area contributed by atoms with E-state index in [0.29, 0.717) is 30.0 Å². The Hall–Kier alpha value is -5.37. The number of hydrogen-bond donors (Lipinski definition) is 1. The minimum atomic E-state index is -1.23. The van der Waals surface area contributed by atoms with E-state index in [0.717, 1.165) is 27.3 Å². The van der Waals surface area contributed by atoms with Crippen LogP contribution in [0.3, 0.4) is 0 Å². The topological polar surface area (TPSA) is 91.7 Å². The second-order valence-corrected chi connectivity index (χ2v) is 9.79. The van der Waals surface area contributed by atoms with Gasteiger partial charge in [-0.15, -0.1) is 0 Å². The molecule has 0 radical (unpaired) electrons. The van der Waals surface area contributed by atoms with E-state index < -0.39 is 18.0 Å². The summed E-state index contributed by atoms with van der Waals surface area (Å²) in [6.07, 6.45) is 1.05. The van der Waals surface area contributed by atoms with Gasteiger partial charge >= 0.3 is 6.09 Å². The molecular formula is C34H31N3O5. The van der Waals surface area contributed by atoms with Gasteiger partial charge in [-0.3, -0.25) is 4.79 Å². The van der Waals surface area contributed by atoms with E-state index in [9.17, 15) is 14.7 Å². The molecule has 1 N–H and O–H groups in total. The Bertz CT molecular complexity index is 1580. The van der Waals surface area contributed by atoms with Gasteiger partial charge in [0.1, 0.15) is 18.1 Å². The van der Waals surface area contributed by atoms with E-state index in [-0.39, 0.29) is 5.96 Å². The summed E-state index contributed by atoms with van der Waals surface area (Å²) in [6, 6.07) is 33.2. The van der Waals surface area contributed by atoms with Crippen molar-refractivity contribution in [2.24, 2.45) is 4.99 Å². The molecule has 0 aliphatic carbocycles. The normalized spacial score (nSPS) is 16.6. The van der Waals surface area contributed by atoms with Gasteiger partial charge in [0, 0.05) is 12.6 Å². The second kappa shape index (κ2) is 12.9. The van der Waals surface area contributed by atoms with Gasteiger partial charge in [0.25, 0.3) is 5.91 Å². The summed E-state index contributed by atoms with van der Waals surface area (Å²) in [5.74, 6) is 0.953. The highest BCUT2D eigenvalue weighted by Crippen LogP contribution is 2.31. The molecule has 1 heterocycles. The SMILES string of the molecule is COc1ccc(C=C2C(Cc3ccc(OCc4ccccc4)cc3)N(C)C(=NC(=O)c3ccccc3)N2C(=O)O)cc1. The molecule has 2 amide bonds. The highest BCUT2D eigenvalue weighted by atomic mass is 16.5. The summed E-state index contributed by atoms with van der Waals surface area (Å²) in [5, 5.41) is 10.3. The minimum absolute atomic E-state index is 0.0453. The number of methoxy groups -OCH3 is 1. The van der Waals surface area contributed by atoms with Crippen LogP contribution in [-0.2, 0) is 13.0 Å². The smallest absolute Gasteiger partial charge is 0.418 e. The standard InChI is InChI=1S/C34H31N3O5/c1-36-30(21-24-15-19-29(20-16-24)42-23-26-9-5-3-6-10-26)31(22-25-13-17-28(41-2)18-14-25)37(34(39)40)33(36)35-32(38)27-11-7-4-8-12-27/h3-20,22,30H,21,23H2,1-2H3,(H,39,40). The largest absolute Gasteiger partial charge is 0.497 e. The zero-order valence-corrected chi connectivity index (χ0v) is 23.4. The fourth-order valence-electron chi connectivity index (χ4n) is 4.78. The van der Waals surface area contributed by atoms with Crippen LogP contribution in [0, 0.1) is 0 Å². The third-order valence-corrected chi connectivity index (χ3v) is 7.03. The number of likely N-dealkylation sites (N-methyl/N-ethyl adjacent to an activating group) is 1. The van der Waals surface area contributed by atoms with Gasteiger partial charge < -0.3 is 19.5 Å². The van der Waals surface area contributed by atoms with Crippen molar-refractivity contribution in [3.8, 4) is 11.5 Å². The molecule has 4 aromatic carbocycles. The molecule has 0 aromatic heterocycles. The summed E-state index contributed by atoms with van der Waals surface area (Å²) in [5.41, 5.74) is 3.70. The molecule has 0 bridgehead atoms. The van der Waals surface area contributed by atoms with E-state index in [4.69, 9.17) is 9.47 Å². The molecule has 5 rings (SSSR count). The van der Waals surface area contributed by atoms with Crippen molar-refractivity contribution in [2.75, 3.05) is 14.2 Å². The summed E-state index contributed by atoms with van der Waals surface area (Å²) in [6.45, 7) is 0.461. The Balaban J connectivity index is 1.46. The van der Waals surface area contributed by atoms with Gasteiger partial charge in [0.15, 0.2) is 0 Å². The Labute approximate surface area is 244 Å². The van der Waals surface area contributed by atoms with Crippen molar-refractivity contribution < 1.29 is 24.2 Å². The van der Waals surface area contributed by atoms with Crippen LogP contribution >= 0.6 is 0 Å². The summed E-state index contributed by atoms with van der Waals surface area (Å²) >= 11 is 0. The molecule has 8 heteroatoms. The van der Waals surface area contributed by atoms with Gasteiger partial charge in [0.05, 0.1) is 18.8 Å². The maximum atomic E-state index is 13.0. The van der Waals surface area contributed by atoms with E-state index in [2.05, 4.69) is 4.99 Å². The number of carboxylic acid groups (broad SMARTS) is 1. The molecule has 1 unspecified atom stereocenters. The lowest BCUT2D eigenvalue weighted by Crippen LogP contribution is -2.36. The monoisotopic (exact) mass is 561 g/mol. The molecule has 8 nitrogen and oxygen atoms in total. The number of hydrogen-bond acceptors (Lipinski definition) is 4. The van der Waals surface area contributed by atoms with Crippen molar-refractivity contribution in [1.29, 1.82) is 0 Å². The first-order valence-electron chi connectivity index (χ1n) is 13.5. The van der Waals surface area contributed by atoms with E-state index in [1.807, 2.05) is 84.9 Å². The van der Waals surface area contributed by atoms with Crippen LogP contribution in [-0.4, -0.2) is 53.1 Å². The molecule has 212 valence electrons. The molecule has 1 atom stereocenters. The van der Waals surface area contributed by atoms with Gasteiger partial charge in [-0.1, -0.05) is 72.8 Å². The summed E-state index contributed by atoms with van der Waals surface area (Å²) in [4.78, 5) is 32.8. The third-order valence-electron chi connectivity index (χ3n) is 7.03. The first-order valence-corrected chi connectivity index (χ1v) is 13.5. The van der Waals surface area contributed by atoms with Crippen LogP contribution in [0.5, 0.6) is 11.5 Å². The quantitative estimate of drug-likeness (QED) is 0.270. The van der Waals surface area contributed by atoms with E-state index in [1.54, 1.807) is 49.4 Å². The van der Waals surface area contributed by atoms with Crippen molar-refractivity contribution in [1.82, 2.24) is 9.80 Å². The molecule has 1 fully saturated rings. The first-order chi connectivity index (χ1) is 20.4. The predicted octanol–water partition coefficient (Wildman–Crippen LogP) is 6.35. The van der Waals surface area contributed by atoms with Crippen LogP contribution in [0.4, 0.5) is 4.79 Å². The number of aliphatic imine (C=N–C) groups is 1. The molecule has 1 aliphatic rings. The Morgan fingerprint density at radius 2 is 1.45 bits per heavy atom. The highest BCUT2D eigenvalue weighted by Gasteiger charge is 2.42. The number of nitrogens with zero attached hydrogens (tertiary/aromatic N) is 3. The Morgan fingerprint density at radius 1 is 0.833 bits per heavy atom. The van der Waals surface area contributed by atoms with Crippen LogP contribution < -0.4 is 9.47 Å². The zero-order valence-electron chi connectivity index (χ0n) is 23.4. The Kier molecular flexibility index (Phi) is 8.63. The number of carbonyl (C=O) groups is 2. The summed E-state index contributed by atoms with van der Waals surface area (Å²) in [7, 11) is 3.34. The highest BCUT2D eigenvalue weighted by molar-refractivity contribution is 6.08. The molecule has 0 saturated carbocycles.